The van der Waals surface area contributed by atoms with E-state index in [1.807, 2.05) is 11.9 Å². The Bertz CT molecular complexity index is 667. The number of alkyl carbamates (subject to hydrolysis) is 1. The van der Waals surface area contributed by atoms with Crippen LogP contribution in [0.4, 0.5) is 4.79 Å². The lowest BCUT2D eigenvalue weighted by atomic mass is 9.73. The monoisotopic (exact) mass is 358 g/mol. The highest BCUT2D eigenvalue weighted by Crippen LogP contribution is 2.41. The van der Waals surface area contributed by atoms with Gasteiger partial charge in [-0.3, -0.25) is 4.79 Å². The molecule has 1 aromatic carbocycles. The second-order valence-corrected chi connectivity index (χ2v) is 7.66. The molecule has 5 heteroatoms. The van der Waals surface area contributed by atoms with Crippen molar-refractivity contribution < 1.29 is 14.3 Å². The molecule has 0 spiro atoms. The summed E-state index contributed by atoms with van der Waals surface area (Å²) in [6, 6.07) is 7.20. The van der Waals surface area contributed by atoms with E-state index in [0.717, 1.165) is 25.7 Å². The molecule has 1 aromatic rings. The van der Waals surface area contributed by atoms with Crippen molar-refractivity contribution in [1.82, 2.24) is 10.2 Å². The fourth-order valence-corrected chi connectivity index (χ4v) is 4.05. The smallest absolute Gasteiger partial charge is 0.406 e. The van der Waals surface area contributed by atoms with Crippen LogP contribution in [0, 0.1) is 5.92 Å². The second-order valence-electron chi connectivity index (χ2n) is 7.66. The number of ether oxygens (including phenoxy) is 1. The highest BCUT2D eigenvalue weighted by molar-refractivity contribution is 5.80. The molecule has 2 amide bonds. The topological polar surface area (TPSA) is 58.6 Å². The van der Waals surface area contributed by atoms with Crippen molar-refractivity contribution in [3.05, 3.63) is 34.9 Å². The summed E-state index contributed by atoms with van der Waals surface area (Å²) in [5.41, 5.74) is 4.43. The second kappa shape index (κ2) is 8.11. The van der Waals surface area contributed by atoms with Crippen molar-refractivity contribution >= 4 is 12.0 Å². The average molecular weight is 358 g/mol. The van der Waals surface area contributed by atoms with Crippen molar-refractivity contribution in [2.45, 2.75) is 57.4 Å². The largest absolute Gasteiger partial charge is 0.453 e. The maximum Gasteiger partial charge on any atom is 0.406 e. The summed E-state index contributed by atoms with van der Waals surface area (Å²) in [4.78, 5) is 26.1. The minimum atomic E-state index is -0.481. The quantitative estimate of drug-likeness (QED) is 0.814. The van der Waals surface area contributed by atoms with Gasteiger partial charge in [0.1, 0.15) is 0 Å². The minimum absolute atomic E-state index is 0.129. The Morgan fingerprint density at radius 2 is 2.00 bits per heavy atom. The third-order valence-corrected chi connectivity index (χ3v) is 6.04. The van der Waals surface area contributed by atoms with E-state index in [2.05, 4.69) is 35.2 Å². The fourth-order valence-electron chi connectivity index (χ4n) is 4.05. The summed E-state index contributed by atoms with van der Waals surface area (Å²) < 4.78 is 4.61. The molecule has 3 rings (SSSR count). The van der Waals surface area contributed by atoms with E-state index in [4.69, 9.17) is 0 Å². The van der Waals surface area contributed by atoms with Crippen LogP contribution in [0.2, 0.25) is 0 Å². The van der Waals surface area contributed by atoms with Crippen molar-refractivity contribution in [2.24, 2.45) is 5.92 Å². The third-order valence-electron chi connectivity index (χ3n) is 6.04. The number of rotatable bonds is 7. The number of benzene rings is 1. The van der Waals surface area contributed by atoms with Gasteiger partial charge in [0.05, 0.1) is 13.0 Å². The summed E-state index contributed by atoms with van der Waals surface area (Å²) in [5, 5.41) is 2.67. The van der Waals surface area contributed by atoms with Gasteiger partial charge >= 0.3 is 6.09 Å². The molecule has 26 heavy (non-hydrogen) atoms. The van der Waals surface area contributed by atoms with Gasteiger partial charge in [-0.2, -0.15) is 0 Å². The Kier molecular flexibility index (Phi) is 5.84. The molecule has 1 N–H and O–H groups in total. The molecule has 2 aliphatic rings. The van der Waals surface area contributed by atoms with E-state index >= 15 is 0 Å². The van der Waals surface area contributed by atoms with Gasteiger partial charge in [0.2, 0.25) is 5.91 Å². The van der Waals surface area contributed by atoms with Crippen LogP contribution < -0.4 is 5.32 Å². The van der Waals surface area contributed by atoms with Gasteiger partial charge in [-0.25, -0.2) is 4.79 Å². The normalized spacial score (nSPS) is 21.7. The fraction of sp³-hybridized carbons (Fsp3) is 0.619. The molecule has 0 aliphatic heterocycles. The van der Waals surface area contributed by atoms with Gasteiger partial charge in [-0.05, 0) is 54.7 Å². The van der Waals surface area contributed by atoms with E-state index in [1.54, 1.807) is 0 Å². The van der Waals surface area contributed by atoms with E-state index in [1.165, 1.54) is 36.6 Å². The third kappa shape index (κ3) is 3.87. The number of methoxy groups -OCH3 is 1. The van der Waals surface area contributed by atoms with E-state index in [9.17, 15) is 9.59 Å². The van der Waals surface area contributed by atoms with Crippen molar-refractivity contribution in [3.8, 4) is 0 Å². The predicted octanol–water partition coefficient (Wildman–Crippen LogP) is 3.26. The average Bonchev–Trinajstić information content (AvgIpc) is 2.58. The predicted molar refractivity (Wildman–Crippen MR) is 101 cm³/mol. The van der Waals surface area contributed by atoms with Crippen molar-refractivity contribution in [1.29, 1.82) is 0 Å². The minimum Gasteiger partial charge on any atom is -0.453 e. The molecule has 5 nitrogen and oxygen atoms in total. The van der Waals surface area contributed by atoms with Crippen LogP contribution in [0.5, 0.6) is 0 Å². The summed E-state index contributed by atoms with van der Waals surface area (Å²) in [7, 11) is 3.24. The number of hydrogen-bond acceptors (Lipinski definition) is 3. The Balaban J connectivity index is 1.52. The first-order valence-corrected chi connectivity index (χ1v) is 9.73. The Hall–Kier alpha value is -2.04. The molecule has 0 aromatic heterocycles. The van der Waals surface area contributed by atoms with Gasteiger partial charge in [-0.15, -0.1) is 0 Å². The summed E-state index contributed by atoms with van der Waals surface area (Å²) in [6.07, 6.45) is 5.70. The molecule has 1 atom stereocenters. The summed E-state index contributed by atoms with van der Waals surface area (Å²) >= 11 is 0. The first kappa shape index (κ1) is 18.7. The molecule has 2 aliphatic carbocycles. The maximum atomic E-state index is 12.9. The van der Waals surface area contributed by atoms with Crippen LogP contribution in [0.1, 0.15) is 55.2 Å². The number of fused-ring (bicyclic) bond motifs is 1. The Labute approximate surface area is 156 Å². The molecular formula is C21H30N2O3. The molecule has 142 valence electrons. The zero-order valence-electron chi connectivity index (χ0n) is 16.1. The van der Waals surface area contributed by atoms with E-state index in [-0.39, 0.29) is 11.8 Å². The lowest BCUT2D eigenvalue weighted by molar-refractivity contribution is -0.138. The van der Waals surface area contributed by atoms with Crippen LogP contribution in [-0.4, -0.2) is 43.6 Å². The molecule has 1 fully saturated rings. The van der Waals surface area contributed by atoms with Gasteiger partial charge in [-0.1, -0.05) is 31.5 Å². The van der Waals surface area contributed by atoms with Crippen LogP contribution >= 0.6 is 0 Å². The van der Waals surface area contributed by atoms with Gasteiger partial charge < -0.3 is 15.0 Å². The maximum absolute atomic E-state index is 12.9. The molecule has 0 heterocycles. The Morgan fingerprint density at radius 1 is 1.27 bits per heavy atom. The van der Waals surface area contributed by atoms with Crippen molar-refractivity contribution in [3.63, 3.8) is 0 Å². The first-order chi connectivity index (χ1) is 12.5. The number of carbonyl (C=O) groups excluding carboxylic acids is 2. The van der Waals surface area contributed by atoms with Crippen molar-refractivity contribution in [2.75, 3.05) is 20.7 Å². The zero-order valence-corrected chi connectivity index (χ0v) is 16.1. The van der Waals surface area contributed by atoms with Gasteiger partial charge in [0, 0.05) is 19.6 Å². The number of aryl methyl sites for hydroxylation is 2. The number of carbonyl (C=O) groups is 2. The summed E-state index contributed by atoms with van der Waals surface area (Å²) in [6.45, 7) is 2.40. The molecule has 0 bridgehead atoms. The van der Waals surface area contributed by atoms with Gasteiger partial charge in [0.15, 0.2) is 0 Å². The van der Waals surface area contributed by atoms with Crippen LogP contribution in [0.3, 0.4) is 0 Å². The standard InChI is InChI=1S/C21H30N2O3/c1-4-5-17(13-22-21(25)26-3)20(24)23(2)19-11-18(12-19)16-9-7-14-6-8-15(14)10-16/h7,9-10,17-19H,4-6,8,11-13H2,1-3H3,(H,22,25)/t17-,18-,19+/m1/s1. The SMILES string of the molecule is CCC[C@H](CNC(=O)OC)C(=O)N(C)[C@H]1C[C@@H](c2ccc3c(c2)CC3)C1. The molecule has 0 saturated heterocycles. The van der Waals surface area contributed by atoms with E-state index < -0.39 is 6.09 Å². The first-order valence-electron chi connectivity index (χ1n) is 9.73. The van der Waals surface area contributed by atoms with Crippen LogP contribution in [0.15, 0.2) is 18.2 Å². The lowest BCUT2D eigenvalue weighted by Gasteiger charge is -2.43. The lowest BCUT2D eigenvalue weighted by Crippen LogP contribution is -2.48. The molecule has 0 radical (unpaired) electrons. The number of amides is 2. The number of nitrogens with one attached hydrogen (secondary N) is 1. The Morgan fingerprint density at radius 3 is 2.58 bits per heavy atom. The number of nitrogens with zero attached hydrogens (tertiary/aromatic N) is 1. The van der Waals surface area contributed by atoms with E-state index in [0.29, 0.717) is 18.5 Å². The summed E-state index contributed by atoms with van der Waals surface area (Å²) in [5.74, 6) is 0.516. The highest BCUT2D eigenvalue weighted by Gasteiger charge is 2.37. The van der Waals surface area contributed by atoms with Crippen LogP contribution in [0.25, 0.3) is 0 Å². The molecular weight excluding hydrogens is 328 g/mol. The van der Waals surface area contributed by atoms with Gasteiger partial charge in [0.25, 0.3) is 0 Å². The zero-order chi connectivity index (χ0) is 18.7. The molecule has 0 unspecified atom stereocenters. The highest BCUT2D eigenvalue weighted by atomic mass is 16.5. The van der Waals surface area contributed by atoms with Crippen LogP contribution in [-0.2, 0) is 22.4 Å². The number of hydrogen-bond donors (Lipinski definition) is 1. The molecule has 1 saturated carbocycles.